The Kier molecular flexibility index (Phi) is 7.95. The molecule has 0 bridgehead atoms. The number of hydrogen-bond donors (Lipinski definition) is 0. The summed E-state index contributed by atoms with van der Waals surface area (Å²) < 4.78 is 103. The van der Waals surface area contributed by atoms with E-state index in [1.54, 1.807) is 24.3 Å². The first-order chi connectivity index (χ1) is 27.0. The van der Waals surface area contributed by atoms with Gasteiger partial charge in [0.1, 0.15) is 0 Å². The van der Waals surface area contributed by atoms with Crippen LogP contribution < -0.4 is 0 Å². The summed E-state index contributed by atoms with van der Waals surface area (Å²) in [7, 11) is 0. The second-order valence-corrected chi connectivity index (χ2v) is 15.1. The number of hydrogen-bond acceptors (Lipinski definition) is 4. The molecule has 2 aliphatic heterocycles. The van der Waals surface area contributed by atoms with Crippen molar-refractivity contribution in [2.75, 3.05) is 0 Å². The molecule has 2 heterocycles. The number of nitrogens with zero attached hydrogens (tertiary/aromatic N) is 2. The Morgan fingerprint density at radius 1 is 0.474 bits per heavy atom. The molecule has 57 heavy (non-hydrogen) atoms. The number of fused-ring (bicyclic) bond motifs is 5. The first kappa shape index (κ1) is 36.5. The van der Waals surface area contributed by atoms with Gasteiger partial charge in [0.2, 0.25) is 17.1 Å². The zero-order chi connectivity index (χ0) is 40.1. The van der Waals surface area contributed by atoms with E-state index in [0.29, 0.717) is 27.8 Å². The molecule has 0 saturated heterocycles. The first-order valence-corrected chi connectivity index (χ1v) is 18.4. The number of alkyl halides is 6. The molecule has 4 nitrogen and oxygen atoms in total. The van der Waals surface area contributed by atoms with Crippen molar-refractivity contribution in [3.8, 4) is 22.3 Å². The van der Waals surface area contributed by atoms with Crippen LogP contribution in [0.5, 0.6) is 0 Å². The zero-order valence-corrected chi connectivity index (χ0v) is 31.2. The Labute approximate surface area is 325 Å². The lowest BCUT2D eigenvalue weighted by atomic mass is 9.66. The lowest BCUT2D eigenvalue weighted by Gasteiger charge is -2.40. The third-order valence-electron chi connectivity index (χ3n) is 11.6. The van der Waals surface area contributed by atoms with Crippen LogP contribution in [0.1, 0.15) is 65.3 Å². The molecular weight excluding hydrogens is 739 g/mol. The molecule has 9 rings (SSSR count). The van der Waals surface area contributed by atoms with Crippen LogP contribution in [0, 0.1) is 6.92 Å². The second kappa shape index (κ2) is 12.4. The molecular formula is C47H34F6N2O2. The number of benzene rings is 6. The molecule has 6 aromatic carbocycles. The summed E-state index contributed by atoms with van der Waals surface area (Å²) in [4.78, 5) is 8.94. The minimum atomic E-state index is -4.91. The molecule has 1 aliphatic carbocycles. The summed E-state index contributed by atoms with van der Waals surface area (Å²) >= 11 is 0. The van der Waals surface area contributed by atoms with Crippen molar-refractivity contribution in [1.82, 2.24) is 0 Å². The standard InChI is InChI=1S/C47H34F6N2O2/c1-27-13-15-29(16-14-27)30-17-19-31(20-18-30)42-55-41-24-22-33(26-39(41)44(4,57-42)47(51,52)53)45(36-11-7-5-9-34(36)35-10-6-8-12-37(35)45)32-21-23-40-38(25-32)43(3,46(48,49)50)56-28(2)54-40/h5-26H,1-4H3. The van der Waals surface area contributed by atoms with Gasteiger partial charge in [-0.2, -0.15) is 26.3 Å². The minimum absolute atomic E-state index is 0.0606. The van der Waals surface area contributed by atoms with Crippen molar-refractivity contribution in [3.05, 3.63) is 178 Å². The quantitative estimate of drug-likeness (QED) is 0.167. The molecule has 3 aliphatic rings. The van der Waals surface area contributed by atoms with Crippen molar-refractivity contribution in [2.45, 2.75) is 56.7 Å². The lowest BCUT2D eigenvalue weighted by Crippen LogP contribution is -2.46. The third-order valence-corrected chi connectivity index (χ3v) is 11.6. The molecule has 2 unspecified atom stereocenters. The predicted molar refractivity (Wildman–Crippen MR) is 208 cm³/mol. The summed E-state index contributed by atoms with van der Waals surface area (Å²) in [6.07, 6.45) is -9.74. The number of aliphatic imine (C=N–C) groups is 2. The predicted octanol–water partition coefficient (Wildman–Crippen LogP) is 12.8. The molecule has 0 fully saturated rings. The van der Waals surface area contributed by atoms with Gasteiger partial charge in [0.25, 0.3) is 0 Å². The normalized spacial score (nSPS) is 20.5. The van der Waals surface area contributed by atoms with Crippen LogP contribution in [0.15, 0.2) is 143 Å². The van der Waals surface area contributed by atoms with Crippen molar-refractivity contribution >= 4 is 23.2 Å². The van der Waals surface area contributed by atoms with Crippen LogP contribution in [-0.4, -0.2) is 24.1 Å². The number of halogens is 6. The smallest absolute Gasteiger partial charge is 0.432 e. The average molecular weight is 773 g/mol. The second-order valence-electron chi connectivity index (χ2n) is 15.1. The summed E-state index contributed by atoms with van der Waals surface area (Å²) in [5.41, 5.74) is -0.155. The van der Waals surface area contributed by atoms with E-state index in [1.165, 1.54) is 31.2 Å². The highest BCUT2D eigenvalue weighted by atomic mass is 19.4. The van der Waals surface area contributed by atoms with Gasteiger partial charge in [0.05, 0.1) is 16.8 Å². The number of rotatable bonds is 4. The summed E-state index contributed by atoms with van der Waals surface area (Å²) in [5, 5.41) is 0. The molecule has 0 saturated carbocycles. The van der Waals surface area contributed by atoms with Gasteiger partial charge in [-0.15, -0.1) is 0 Å². The fourth-order valence-electron chi connectivity index (χ4n) is 8.54. The van der Waals surface area contributed by atoms with Crippen molar-refractivity contribution < 1.29 is 35.8 Å². The van der Waals surface area contributed by atoms with Crippen molar-refractivity contribution in [3.63, 3.8) is 0 Å². The fourth-order valence-corrected chi connectivity index (χ4v) is 8.54. The Balaban J connectivity index is 1.27. The molecule has 0 N–H and O–H groups in total. The Morgan fingerprint density at radius 2 is 0.912 bits per heavy atom. The Hall–Kier alpha value is -6.16. The lowest BCUT2D eigenvalue weighted by molar-refractivity contribution is -0.253. The summed E-state index contributed by atoms with van der Waals surface area (Å²) in [6.45, 7) is 5.31. The van der Waals surface area contributed by atoms with E-state index in [2.05, 4.69) is 9.98 Å². The van der Waals surface area contributed by atoms with Gasteiger partial charge >= 0.3 is 12.4 Å². The van der Waals surface area contributed by atoms with Crippen LogP contribution in [0.2, 0.25) is 0 Å². The SMILES string of the molecule is CC1=Nc2ccc(C3(c4ccc5c(c4)C(C)(C(F)(F)F)OC(c4ccc(-c6ccc(C)cc6)cc4)=N5)c4ccccc4-c4ccccc43)cc2C(C)(C(F)(F)F)O1. The maximum atomic E-state index is 15.5. The highest BCUT2D eigenvalue weighted by molar-refractivity contribution is 5.98. The van der Waals surface area contributed by atoms with E-state index >= 15 is 13.2 Å². The van der Waals surface area contributed by atoms with Gasteiger partial charge in [0.15, 0.2) is 5.90 Å². The largest absolute Gasteiger partial charge is 0.460 e. The first-order valence-electron chi connectivity index (χ1n) is 18.4. The van der Waals surface area contributed by atoms with Gasteiger partial charge < -0.3 is 9.47 Å². The van der Waals surface area contributed by atoms with Gasteiger partial charge in [-0.25, -0.2) is 9.98 Å². The maximum Gasteiger partial charge on any atom is 0.432 e. The van der Waals surface area contributed by atoms with Gasteiger partial charge in [-0.3, -0.25) is 0 Å². The number of ether oxygens (including phenoxy) is 2. The van der Waals surface area contributed by atoms with E-state index < -0.39 is 29.0 Å². The average Bonchev–Trinajstić information content (AvgIpc) is 3.48. The van der Waals surface area contributed by atoms with Crippen LogP contribution in [0.25, 0.3) is 22.3 Å². The highest BCUT2D eigenvalue weighted by Crippen LogP contribution is 2.59. The van der Waals surface area contributed by atoms with E-state index in [4.69, 9.17) is 9.47 Å². The van der Waals surface area contributed by atoms with Gasteiger partial charge in [-0.05, 0) is 102 Å². The maximum absolute atomic E-state index is 15.5. The molecule has 0 aromatic heterocycles. The highest BCUT2D eigenvalue weighted by Gasteiger charge is 2.60. The monoisotopic (exact) mass is 772 g/mol. The van der Waals surface area contributed by atoms with Crippen molar-refractivity contribution in [1.29, 1.82) is 0 Å². The number of aryl methyl sites for hydroxylation is 1. The third kappa shape index (κ3) is 5.36. The zero-order valence-electron chi connectivity index (χ0n) is 31.2. The van der Waals surface area contributed by atoms with Crippen LogP contribution in [0.3, 0.4) is 0 Å². The van der Waals surface area contributed by atoms with Crippen LogP contribution in [0.4, 0.5) is 37.7 Å². The molecule has 0 amide bonds. The van der Waals surface area contributed by atoms with E-state index in [0.717, 1.165) is 41.7 Å². The molecule has 0 spiro atoms. The summed E-state index contributed by atoms with van der Waals surface area (Å²) in [6, 6.07) is 39.2. The molecule has 2 atom stereocenters. The van der Waals surface area contributed by atoms with Crippen molar-refractivity contribution in [2.24, 2.45) is 9.98 Å². The van der Waals surface area contributed by atoms with E-state index in [1.807, 2.05) is 91.9 Å². The Morgan fingerprint density at radius 3 is 1.42 bits per heavy atom. The fraction of sp³-hybridized carbons (Fsp3) is 0.191. The minimum Gasteiger partial charge on any atom is -0.460 e. The Bertz CT molecular complexity index is 2620. The summed E-state index contributed by atoms with van der Waals surface area (Å²) in [5.74, 6) is -0.321. The van der Waals surface area contributed by atoms with Crippen LogP contribution >= 0.6 is 0 Å². The van der Waals surface area contributed by atoms with Gasteiger partial charge in [0, 0.05) is 23.6 Å². The molecule has 6 aromatic rings. The van der Waals surface area contributed by atoms with Crippen LogP contribution in [-0.2, 0) is 26.1 Å². The molecule has 10 heteroatoms. The molecule has 286 valence electrons. The topological polar surface area (TPSA) is 43.2 Å². The molecule has 0 radical (unpaired) electrons. The van der Waals surface area contributed by atoms with Gasteiger partial charge in [-0.1, -0.05) is 103 Å². The van der Waals surface area contributed by atoms with E-state index in [-0.39, 0.29) is 34.3 Å². The van der Waals surface area contributed by atoms with E-state index in [9.17, 15) is 13.2 Å².